The van der Waals surface area contributed by atoms with Crippen LogP contribution in [0.2, 0.25) is 0 Å². The second-order valence-electron chi connectivity index (χ2n) is 7.08. The molecular formula is C19H24N4O2S. The molecule has 1 aromatic carbocycles. The maximum atomic E-state index is 11.5. The number of nitrogens with zero attached hydrogens (tertiary/aromatic N) is 4. The highest BCUT2D eigenvalue weighted by atomic mass is 32.2. The molecule has 0 radical (unpaired) electrons. The van der Waals surface area contributed by atoms with Crippen LogP contribution in [0.25, 0.3) is 11.3 Å². The van der Waals surface area contributed by atoms with Gasteiger partial charge in [0, 0.05) is 38.3 Å². The molecule has 0 bridgehead atoms. The van der Waals surface area contributed by atoms with Crippen molar-refractivity contribution in [1.82, 2.24) is 14.9 Å². The normalized spacial score (nSPS) is 20.4. The van der Waals surface area contributed by atoms with Gasteiger partial charge < -0.3 is 4.90 Å². The van der Waals surface area contributed by atoms with E-state index in [1.54, 1.807) is 0 Å². The van der Waals surface area contributed by atoms with Crippen molar-refractivity contribution in [3.05, 3.63) is 42.2 Å². The Bertz CT molecular complexity index is 830. The number of sulfone groups is 1. The van der Waals surface area contributed by atoms with Crippen LogP contribution < -0.4 is 4.90 Å². The predicted octanol–water partition coefficient (Wildman–Crippen LogP) is 1.97. The zero-order chi connectivity index (χ0) is 18.0. The van der Waals surface area contributed by atoms with E-state index in [1.807, 2.05) is 12.4 Å². The topological polar surface area (TPSA) is 66.4 Å². The van der Waals surface area contributed by atoms with Crippen LogP contribution in [0.4, 0.5) is 5.82 Å². The molecule has 2 saturated heterocycles. The van der Waals surface area contributed by atoms with Crippen molar-refractivity contribution in [1.29, 1.82) is 0 Å². The van der Waals surface area contributed by atoms with Crippen molar-refractivity contribution in [3.63, 3.8) is 0 Å². The van der Waals surface area contributed by atoms with Gasteiger partial charge >= 0.3 is 0 Å². The summed E-state index contributed by atoms with van der Waals surface area (Å²) in [7, 11) is -2.82. The third-order valence-corrected chi connectivity index (χ3v) is 6.77. The first-order valence-corrected chi connectivity index (χ1v) is 11.0. The molecule has 2 aliphatic heterocycles. The third-order valence-electron chi connectivity index (χ3n) is 5.16. The number of hydrogen-bond acceptors (Lipinski definition) is 6. The molecule has 0 aliphatic carbocycles. The highest BCUT2D eigenvalue weighted by molar-refractivity contribution is 7.91. The quantitative estimate of drug-likeness (QED) is 0.818. The van der Waals surface area contributed by atoms with Gasteiger partial charge in [-0.3, -0.25) is 9.88 Å². The molecule has 3 heterocycles. The molecule has 138 valence electrons. The Kier molecular flexibility index (Phi) is 4.91. The molecule has 0 spiro atoms. The minimum Gasteiger partial charge on any atom is -0.355 e. The van der Waals surface area contributed by atoms with E-state index in [-0.39, 0.29) is 11.5 Å². The van der Waals surface area contributed by atoms with E-state index in [2.05, 4.69) is 44.0 Å². The summed E-state index contributed by atoms with van der Waals surface area (Å²) in [4.78, 5) is 13.6. The molecular weight excluding hydrogens is 348 g/mol. The van der Waals surface area contributed by atoms with Crippen molar-refractivity contribution in [3.8, 4) is 11.3 Å². The average molecular weight is 372 g/mol. The number of aromatic nitrogens is 2. The van der Waals surface area contributed by atoms with E-state index >= 15 is 0 Å². The smallest absolute Gasteiger partial charge is 0.152 e. The molecule has 2 aliphatic rings. The lowest BCUT2D eigenvalue weighted by Gasteiger charge is -2.26. The number of rotatable bonds is 4. The van der Waals surface area contributed by atoms with Gasteiger partial charge in [-0.05, 0) is 18.4 Å². The molecule has 1 aromatic heterocycles. The third kappa shape index (κ3) is 4.04. The van der Waals surface area contributed by atoms with Crippen LogP contribution >= 0.6 is 0 Å². The summed E-state index contributed by atoms with van der Waals surface area (Å²) in [5.74, 6) is 1.50. The van der Waals surface area contributed by atoms with E-state index in [9.17, 15) is 8.42 Å². The lowest BCUT2D eigenvalue weighted by atomic mass is 10.1. The average Bonchev–Trinajstić information content (AvgIpc) is 3.19. The maximum Gasteiger partial charge on any atom is 0.152 e. The van der Waals surface area contributed by atoms with Crippen LogP contribution in [0.5, 0.6) is 0 Å². The largest absolute Gasteiger partial charge is 0.355 e. The van der Waals surface area contributed by atoms with Crippen LogP contribution in [-0.2, 0) is 16.4 Å². The van der Waals surface area contributed by atoms with E-state index in [4.69, 9.17) is 0 Å². The first kappa shape index (κ1) is 17.4. The lowest BCUT2D eigenvalue weighted by molar-refractivity contribution is 0.287. The molecule has 26 heavy (non-hydrogen) atoms. The summed E-state index contributed by atoms with van der Waals surface area (Å²) in [6.07, 6.45) is 6.17. The van der Waals surface area contributed by atoms with E-state index in [0.29, 0.717) is 13.1 Å². The van der Waals surface area contributed by atoms with Gasteiger partial charge in [-0.25, -0.2) is 13.4 Å². The maximum absolute atomic E-state index is 11.5. The van der Waals surface area contributed by atoms with Crippen molar-refractivity contribution in [2.45, 2.75) is 19.4 Å². The highest BCUT2D eigenvalue weighted by Gasteiger charge is 2.21. The van der Waals surface area contributed by atoms with Gasteiger partial charge in [-0.2, -0.15) is 0 Å². The van der Waals surface area contributed by atoms with Crippen molar-refractivity contribution >= 4 is 15.7 Å². The van der Waals surface area contributed by atoms with Gasteiger partial charge in [-0.1, -0.05) is 24.3 Å². The number of benzene rings is 1. The SMILES string of the molecule is O=S1(=O)CCN(Cc2ccc(-c3cnc(N4CCCC4)cn3)cc2)CC1. The Labute approximate surface area is 154 Å². The first-order valence-electron chi connectivity index (χ1n) is 9.18. The van der Waals surface area contributed by atoms with Gasteiger partial charge in [0.1, 0.15) is 5.82 Å². The Morgan fingerprint density at radius 1 is 0.885 bits per heavy atom. The van der Waals surface area contributed by atoms with Gasteiger partial charge in [0.15, 0.2) is 9.84 Å². The Balaban J connectivity index is 1.39. The zero-order valence-electron chi connectivity index (χ0n) is 14.8. The highest BCUT2D eigenvalue weighted by Crippen LogP contribution is 2.21. The Morgan fingerprint density at radius 2 is 1.58 bits per heavy atom. The molecule has 0 N–H and O–H groups in total. The van der Waals surface area contributed by atoms with Gasteiger partial charge in [0.25, 0.3) is 0 Å². The van der Waals surface area contributed by atoms with Crippen molar-refractivity contribution < 1.29 is 8.42 Å². The Morgan fingerprint density at radius 3 is 2.19 bits per heavy atom. The number of anilines is 1. The van der Waals surface area contributed by atoms with Crippen LogP contribution in [0.3, 0.4) is 0 Å². The monoisotopic (exact) mass is 372 g/mol. The molecule has 0 amide bonds. The molecule has 2 fully saturated rings. The molecule has 0 unspecified atom stereocenters. The minimum atomic E-state index is -2.82. The molecule has 7 heteroatoms. The fourth-order valence-electron chi connectivity index (χ4n) is 3.53. The fraction of sp³-hybridized carbons (Fsp3) is 0.474. The van der Waals surface area contributed by atoms with Gasteiger partial charge in [-0.15, -0.1) is 0 Å². The summed E-state index contributed by atoms with van der Waals surface area (Å²) >= 11 is 0. The molecule has 0 atom stereocenters. The summed E-state index contributed by atoms with van der Waals surface area (Å²) in [5.41, 5.74) is 3.12. The second kappa shape index (κ2) is 7.32. The standard InChI is InChI=1S/C19H24N4O2S/c24-26(25)11-9-22(10-12-26)15-16-3-5-17(6-4-16)18-13-21-19(14-20-18)23-7-1-2-8-23/h3-6,13-14H,1-2,7-12,15H2. The summed E-state index contributed by atoms with van der Waals surface area (Å²) in [5, 5.41) is 0. The van der Waals surface area contributed by atoms with Crippen LogP contribution in [0.1, 0.15) is 18.4 Å². The van der Waals surface area contributed by atoms with Crippen molar-refractivity contribution in [2.75, 3.05) is 42.6 Å². The molecule has 6 nitrogen and oxygen atoms in total. The predicted molar refractivity (Wildman–Crippen MR) is 103 cm³/mol. The molecule has 2 aromatic rings. The van der Waals surface area contributed by atoms with Gasteiger partial charge in [0.2, 0.25) is 0 Å². The fourth-order valence-corrected chi connectivity index (χ4v) is 4.80. The second-order valence-corrected chi connectivity index (χ2v) is 9.38. The lowest BCUT2D eigenvalue weighted by Crippen LogP contribution is -2.39. The van der Waals surface area contributed by atoms with Crippen LogP contribution in [0.15, 0.2) is 36.7 Å². The summed E-state index contributed by atoms with van der Waals surface area (Å²) in [6, 6.07) is 8.31. The molecule has 0 saturated carbocycles. The van der Waals surface area contributed by atoms with Gasteiger partial charge in [0.05, 0.1) is 29.6 Å². The zero-order valence-corrected chi connectivity index (χ0v) is 15.7. The number of hydrogen-bond donors (Lipinski definition) is 0. The van der Waals surface area contributed by atoms with Crippen molar-refractivity contribution in [2.24, 2.45) is 0 Å². The summed E-state index contributed by atoms with van der Waals surface area (Å²) in [6.45, 7) is 4.16. The first-order chi connectivity index (χ1) is 12.6. The van der Waals surface area contributed by atoms with E-state index in [0.717, 1.165) is 36.7 Å². The summed E-state index contributed by atoms with van der Waals surface area (Å²) < 4.78 is 23.0. The Hall–Kier alpha value is -1.99. The molecule has 4 rings (SSSR count). The van der Waals surface area contributed by atoms with E-state index in [1.165, 1.54) is 18.4 Å². The van der Waals surface area contributed by atoms with Crippen LogP contribution in [-0.4, -0.2) is 61.0 Å². The van der Waals surface area contributed by atoms with E-state index < -0.39 is 9.84 Å². The van der Waals surface area contributed by atoms with Crippen LogP contribution in [0, 0.1) is 0 Å². The minimum absolute atomic E-state index is 0.268.